The van der Waals surface area contributed by atoms with E-state index in [1.807, 2.05) is 44.2 Å². The van der Waals surface area contributed by atoms with E-state index in [0.29, 0.717) is 29.2 Å². The second-order valence-corrected chi connectivity index (χ2v) is 10.1. The monoisotopic (exact) mass is 451 g/mol. The molecular formula is C24H29N5O2S. The number of nitrogens with one attached hydrogen (secondary N) is 1. The maximum atomic E-state index is 13.0. The van der Waals surface area contributed by atoms with Crippen LogP contribution in [-0.4, -0.2) is 34.9 Å². The zero-order chi connectivity index (χ0) is 22.7. The third-order valence-electron chi connectivity index (χ3n) is 5.77. The summed E-state index contributed by atoms with van der Waals surface area (Å²) in [7, 11) is -3.62. The molecule has 168 valence electrons. The number of hydrogen-bond donors (Lipinski definition) is 1. The number of aryl methyl sites for hydroxylation is 3. The molecule has 0 unspecified atom stereocenters. The van der Waals surface area contributed by atoms with Gasteiger partial charge in [0, 0.05) is 17.8 Å². The minimum absolute atomic E-state index is 0.275. The first-order valence-corrected chi connectivity index (χ1v) is 12.5. The summed E-state index contributed by atoms with van der Waals surface area (Å²) in [6, 6.07) is 11.0. The number of sulfonamides is 1. The third-order valence-corrected chi connectivity index (χ3v) is 7.38. The molecular weight excluding hydrogens is 422 g/mol. The highest BCUT2D eigenvalue weighted by atomic mass is 32.2. The summed E-state index contributed by atoms with van der Waals surface area (Å²) in [6.45, 7) is 6.11. The molecule has 0 saturated heterocycles. The molecule has 1 aliphatic carbocycles. The van der Waals surface area contributed by atoms with Crippen molar-refractivity contribution in [1.82, 2.24) is 24.7 Å². The molecule has 1 aliphatic rings. The molecule has 2 heterocycles. The lowest BCUT2D eigenvalue weighted by Gasteiger charge is -2.14. The molecule has 0 atom stereocenters. The van der Waals surface area contributed by atoms with E-state index in [1.54, 1.807) is 17.7 Å². The second kappa shape index (κ2) is 9.34. The van der Waals surface area contributed by atoms with E-state index in [2.05, 4.69) is 26.1 Å². The fraction of sp³-hybridized carbons (Fsp3) is 0.375. The topological polar surface area (TPSA) is 89.8 Å². The molecule has 0 spiro atoms. The Labute approximate surface area is 189 Å². The van der Waals surface area contributed by atoms with Gasteiger partial charge in [-0.05, 0) is 82.7 Å². The molecule has 7 nitrogen and oxygen atoms in total. The van der Waals surface area contributed by atoms with Crippen molar-refractivity contribution >= 4 is 10.0 Å². The lowest BCUT2D eigenvalue weighted by molar-refractivity contribution is 0.579. The highest BCUT2D eigenvalue weighted by Crippen LogP contribution is 2.25. The van der Waals surface area contributed by atoms with Gasteiger partial charge in [-0.2, -0.15) is 5.10 Å². The molecule has 0 aliphatic heterocycles. The van der Waals surface area contributed by atoms with E-state index in [9.17, 15) is 8.42 Å². The predicted molar refractivity (Wildman–Crippen MR) is 125 cm³/mol. The van der Waals surface area contributed by atoms with E-state index in [0.717, 1.165) is 30.7 Å². The quantitative estimate of drug-likeness (QED) is 0.537. The summed E-state index contributed by atoms with van der Waals surface area (Å²) >= 11 is 0. The minimum atomic E-state index is -3.62. The number of rotatable bonds is 7. The number of benzene rings is 1. The predicted octanol–water partition coefficient (Wildman–Crippen LogP) is 4.42. The van der Waals surface area contributed by atoms with Gasteiger partial charge >= 0.3 is 0 Å². The van der Waals surface area contributed by atoms with Crippen LogP contribution < -0.4 is 4.72 Å². The van der Waals surface area contributed by atoms with E-state index < -0.39 is 10.0 Å². The van der Waals surface area contributed by atoms with Crippen LogP contribution in [0.3, 0.4) is 0 Å². The van der Waals surface area contributed by atoms with Crippen molar-refractivity contribution in [3.63, 3.8) is 0 Å². The Morgan fingerprint density at radius 1 is 1.03 bits per heavy atom. The molecule has 0 amide bonds. The van der Waals surface area contributed by atoms with Gasteiger partial charge in [0.1, 0.15) is 0 Å². The SMILES string of the molecule is Cc1cc(C)n(-c2ccc(-c3ccc(C)c(S(=O)(=O)NCCC4=CCCCC4)c3)nn2)n1. The number of hydrogen-bond acceptors (Lipinski definition) is 5. The van der Waals surface area contributed by atoms with E-state index in [-0.39, 0.29) is 4.90 Å². The van der Waals surface area contributed by atoms with E-state index in [1.165, 1.54) is 18.4 Å². The molecule has 1 N–H and O–H groups in total. The molecule has 1 aromatic carbocycles. The summed E-state index contributed by atoms with van der Waals surface area (Å²) in [6.07, 6.45) is 7.60. The Hall–Kier alpha value is -2.84. The average Bonchev–Trinajstić information content (AvgIpc) is 3.12. The first-order valence-electron chi connectivity index (χ1n) is 11.0. The van der Waals surface area contributed by atoms with Gasteiger partial charge in [-0.1, -0.05) is 23.8 Å². The van der Waals surface area contributed by atoms with Crippen molar-refractivity contribution in [3.8, 4) is 17.1 Å². The van der Waals surface area contributed by atoms with Crippen LogP contribution in [0.15, 0.2) is 52.9 Å². The molecule has 8 heteroatoms. The molecule has 0 bridgehead atoms. The van der Waals surface area contributed by atoms with Crippen molar-refractivity contribution in [1.29, 1.82) is 0 Å². The van der Waals surface area contributed by atoms with Gasteiger partial charge in [0.05, 0.1) is 16.3 Å². The molecule has 0 saturated carbocycles. The van der Waals surface area contributed by atoms with Crippen LogP contribution >= 0.6 is 0 Å². The molecule has 0 radical (unpaired) electrons. The van der Waals surface area contributed by atoms with Gasteiger partial charge in [0.25, 0.3) is 0 Å². The number of allylic oxidation sites excluding steroid dienone is 1. The minimum Gasteiger partial charge on any atom is -0.218 e. The summed E-state index contributed by atoms with van der Waals surface area (Å²) in [5, 5.41) is 13.0. The van der Waals surface area contributed by atoms with Gasteiger partial charge in [-0.25, -0.2) is 17.8 Å². The lowest BCUT2D eigenvalue weighted by Crippen LogP contribution is -2.26. The van der Waals surface area contributed by atoms with Crippen LogP contribution in [0.4, 0.5) is 0 Å². The van der Waals surface area contributed by atoms with E-state index >= 15 is 0 Å². The van der Waals surface area contributed by atoms with Crippen molar-refractivity contribution in [3.05, 3.63) is 65.0 Å². The Kier molecular flexibility index (Phi) is 6.53. The van der Waals surface area contributed by atoms with Crippen molar-refractivity contribution in [2.75, 3.05) is 6.54 Å². The second-order valence-electron chi connectivity index (χ2n) is 8.35. The van der Waals surface area contributed by atoms with Crippen molar-refractivity contribution in [2.24, 2.45) is 0 Å². The maximum Gasteiger partial charge on any atom is 0.240 e. The first-order chi connectivity index (χ1) is 15.3. The standard InChI is InChI=1S/C24H29N5O2S/c1-17-9-10-21(22-11-12-24(27-26-22)29-19(3)15-18(2)28-29)16-23(17)32(30,31)25-14-13-20-7-5-4-6-8-20/h7,9-12,15-16,25H,4-6,8,13-14H2,1-3H3. The van der Waals surface area contributed by atoms with Crippen LogP contribution in [0.25, 0.3) is 17.1 Å². The van der Waals surface area contributed by atoms with Gasteiger partial charge in [0.2, 0.25) is 10.0 Å². The largest absolute Gasteiger partial charge is 0.240 e. The van der Waals surface area contributed by atoms with Gasteiger partial charge in [-0.15, -0.1) is 10.2 Å². The first kappa shape index (κ1) is 22.4. The summed E-state index contributed by atoms with van der Waals surface area (Å²) in [5.74, 6) is 0.623. The normalized spacial score (nSPS) is 14.4. The molecule has 0 fully saturated rings. The fourth-order valence-corrected chi connectivity index (χ4v) is 5.36. The summed E-state index contributed by atoms with van der Waals surface area (Å²) in [5.41, 5.74) is 5.25. The van der Waals surface area contributed by atoms with Gasteiger partial charge < -0.3 is 0 Å². The van der Waals surface area contributed by atoms with Crippen LogP contribution in [0.5, 0.6) is 0 Å². The maximum absolute atomic E-state index is 13.0. The van der Waals surface area contributed by atoms with Gasteiger partial charge in [0.15, 0.2) is 5.82 Å². The van der Waals surface area contributed by atoms with Crippen LogP contribution in [-0.2, 0) is 10.0 Å². The molecule has 3 aromatic rings. The molecule has 32 heavy (non-hydrogen) atoms. The highest BCUT2D eigenvalue weighted by molar-refractivity contribution is 7.89. The van der Waals surface area contributed by atoms with Crippen LogP contribution in [0.1, 0.15) is 49.1 Å². The highest BCUT2D eigenvalue weighted by Gasteiger charge is 2.18. The molecule has 4 rings (SSSR count). The lowest BCUT2D eigenvalue weighted by atomic mass is 9.97. The summed E-state index contributed by atoms with van der Waals surface area (Å²) < 4.78 is 30.5. The number of aromatic nitrogens is 4. The summed E-state index contributed by atoms with van der Waals surface area (Å²) in [4.78, 5) is 0.275. The van der Waals surface area contributed by atoms with Gasteiger partial charge in [-0.3, -0.25) is 0 Å². The zero-order valence-electron chi connectivity index (χ0n) is 18.8. The van der Waals surface area contributed by atoms with Crippen molar-refractivity contribution < 1.29 is 8.42 Å². The molecule has 2 aromatic heterocycles. The Bertz CT molecular complexity index is 1240. The average molecular weight is 452 g/mol. The van der Waals surface area contributed by atoms with Crippen LogP contribution in [0, 0.1) is 20.8 Å². The Morgan fingerprint density at radius 3 is 2.53 bits per heavy atom. The smallest absolute Gasteiger partial charge is 0.218 e. The Balaban J connectivity index is 1.52. The Morgan fingerprint density at radius 2 is 1.88 bits per heavy atom. The zero-order valence-corrected chi connectivity index (χ0v) is 19.6. The van der Waals surface area contributed by atoms with E-state index in [4.69, 9.17) is 0 Å². The van der Waals surface area contributed by atoms with Crippen LogP contribution in [0.2, 0.25) is 0 Å². The third kappa shape index (κ3) is 4.97. The van der Waals surface area contributed by atoms with Crippen molar-refractivity contribution in [2.45, 2.75) is 57.8 Å². The fourth-order valence-electron chi connectivity index (χ4n) is 4.06. The number of nitrogens with zero attached hydrogens (tertiary/aromatic N) is 4.